The maximum Gasteiger partial charge on any atom is 0.239 e. The number of carbonyl (C=O) groups excluding carboxylic acids is 1. The number of morpholine rings is 1. The van der Waals surface area contributed by atoms with E-state index < -0.39 is 0 Å². The van der Waals surface area contributed by atoms with Crippen LogP contribution in [-0.2, 0) is 9.53 Å². The molecule has 0 aliphatic carbocycles. The summed E-state index contributed by atoms with van der Waals surface area (Å²) in [6, 6.07) is 8.28. The molecule has 2 atom stereocenters. The van der Waals surface area contributed by atoms with Crippen molar-refractivity contribution in [2.45, 2.75) is 31.9 Å². The lowest BCUT2D eigenvalue weighted by atomic mass is 10.0. The number of hydrogen-bond donors (Lipinski definition) is 1. The van der Waals surface area contributed by atoms with E-state index in [1.807, 2.05) is 17.0 Å². The largest absolute Gasteiger partial charge is 0.370 e. The van der Waals surface area contributed by atoms with Crippen LogP contribution in [0.1, 0.15) is 30.1 Å². The number of nitrogens with one attached hydrogen (secondary N) is 1. The Morgan fingerprint density at radius 2 is 2.25 bits per heavy atom. The summed E-state index contributed by atoms with van der Waals surface area (Å²) in [6.45, 7) is 5.05. The second kappa shape index (κ2) is 5.94. The normalized spacial score (nSPS) is 26.8. The molecule has 0 aromatic heterocycles. The average Bonchev–Trinajstić information content (AvgIpc) is 3.01. The van der Waals surface area contributed by atoms with Gasteiger partial charge in [0, 0.05) is 6.54 Å². The van der Waals surface area contributed by atoms with Crippen molar-refractivity contribution in [2.24, 2.45) is 0 Å². The zero-order chi connectivity index (χ0) is 13.9. The van der Waals surface area contributed by atoms with E-state index >= 15 is 0 Å². The third-order valence-corrected chi connectivity index (χ3v) is 4.27. The molecule has 0 saturated carbocycles. The highest BCUT2D eigenvalue weighted by molar-refractivity contribution is 5.82. The van der Waals surface area contributed by atoms with Gasteiger partial charge in [-0.2, -0.15) is 0 Å². The predicted molar refractivity (Wildman–Crippen MR) is 77.5 cm³/mol. The Morgan fingerprint density at radius 1 is 1.40 bits per heavy atom. The van der Waals surface area contributed by atoms with Gasteiger partial charge in [0.25, 0.3) is 0 Å². The Hall–Kier alpha value is -1.39. The molecular formula is C16H22N2O2. The number of carbonyl (C=O) groups is 1. The number of nitrogens with zero attached hydrogens (tertiary/aromatic N) is 1. The molecule has 0 radical (unpaired) electrons. The zero-order valence-electron chi connectivity index (χ0n) is 12.0. The van der Waals surface area contributed by atoms with Crippen LogP contribution in [0.15, 0.2) is 24.3 Å². The number of rotatable bonds is 2. The third-order valence-electron chi connectivity index (χ3n) is 4.27. The monoisotopic (exact) mass is 274 g/mol. The molecule has 108 valence electrons. The standard InChI is InChI=1S/C16H22N2O2/c1-12-5-2-3-6-13(12)15-11-18(9-10-20-15)16(19)14-7-4-8-17-14/h2-3,5-6,14-15,17H,4,7-11H2,1H3/t14-,15-/m0/s1. The molecule has 2 aliphatic heterocycles. The zero-order valence-corrected chi connectivity index (χ0v) is 12.0. The Bertz CT molecular complexity index is 483. The van der Waals surface area contributed by atoms with Gasteiger partial charge in [-0.15, -0.1) is 0 Å². The molecule has 3 rings (SSSR count). The molecule has 2 heterocycles. The average molecular weight is 274 g/mol. The van der Waals surface area contributed by atoms with E-state index in [1.54, 1.807) is 0 Å². The van der Waals surface area contributed by atoms with Gasteiger partial charge >= 0.3 is 0 Å². The van der Waals surface area contributed by atoms with E-state index in [9.17, 15) is 4.79 Å². The van der Waals surface area contributed by atoms with Crippen molar-refractivity contribution in [3.63, 3.8) is 0 Å². The molecule has 20 heavy (non-hydrogen) atoms. The Labute approximate surface area is 120 Å². The molecule has 0 unspecified atom stereocenters. The SMILES string of the molecule is Cc1ccccc1[C@@H]1CN(C(=O)[C@@H]2CCCN2)CCO1. The number of benzene rings is 1. The highest BCUT2D eigenvalue weighted by Crippen LogP contribution is 2.25. The van der Waals surface area contributed by atoms with E-state index in [0.29, 0.717) is 19.7 Å². The van der Waals surface area contributed by atoms with Crippen LogP contribution in [-0.4, -0.2) is 43.1 Å². The van der Waals surface area contributed by atoms with Gasteiger partial charge in [0.1, 0.15) is 6.10 Å². The summed E-state index contributed by atoms with van der Waals surface area (Å²) in [7, 11) is 0. The first-order valence-electron chi connectivity index (χ1n) is 7.45. The van der Waals surface area contributed by atoms with Crippen LogP contribution in [0.3, 0.4) is 0 Å². The predicted octanol–water partition coefficient (Wildman–Crippen LogP) is 1.65. The van der Waals surface area contributed by atoms with E-state index in [1.165, 1.54) is 11.1 Å². The Balaban J connectivity index is 1.70. The molecule has 2 aliphatic rings. The van der Waals surface area contributed by atoms with E-state index in [0.717, 1.165) is 19.4 Å². The smallest absolute Gasteiger partial charge is 0.239 e. The molecule has 0 bridgehead atoms. The summed E-state index contributed by atoms with van der Waals surface area (Å²) in [6.07, 6.45) is 2.07. The van der Waals surface area contributed by atoms with Crippen LogP contribution in [0.4, 0.5) is 0 Å². The summed E-state index contributed by atoms with van der Waals surface area (Å²) < 4.78 is 5.87. The van der Waals surface area contributed by atoms with E-state index in [2.05, 4.69) is 24.4 Å². The summed E-state index contributed by atoms with van der Waals surface area (Å²) >= 11 is 0. The van der Waals surface area contributed by atoms with Gasteiger partial charge in [0.2, 0.25) is 5.91 Å². The van der Waals surface area contributed by atoms with Gasteiger partial charge in [0.05, 0.1) is 19.2 Å². The fraction of sp³-hybridized carbons (Fsp3) is 0.562. The Morgan fingerprint density at radius 3 is 3.00 bits per heavy atom. The summed E-state index contributed by atoms with van der Waals surface area (Å²) in [5.41, 5.74) is 2.43. The van der Waals surface area contributed by atoms with E-state index in [4.69, 9.17) is 4.74 Å². The number of hydrogen-bond acceptors (Lipinski definition) is 3. The lowest BCUT2D eigenvalue weighted by molar-refractivity contribution is -0.140. The molecule has 1 aromatic carbocycles. The molecule has 0 spiro atoms. The van der Waals surface area contributed by atoms with Gasteiger partial charge in [-0.05, 0) is 37.4 Å². The quantitative estimate of drug-likeness (QED) is 0.891. The summed E-state index contributed by atoms with van der Waals surface area (Å²) in [4.78, 5) is 14.4. The van der Waals surface area contributed by atoms with Crippen LogP contribution in [0, 0.1) is 6.92 Å². The van der Waals surface area contributed by atoms with Gasteiger partial charge in [-0.1, -0.05) is 24.3 Å². The van der Waals surface area contributed by atoms with Crippen molar-refractivity contribution in [1.29, 1.82) is 0 Å². The highest BCUT2D eigenvalue weighted by atomic mass is 16.5. The van der Waals surface area contributed by atoms with Crippen molar-refractivity contribution in [2.75, 3.05) is 26.2 Å². The first-order valence-corrected chi connectivity index (χ1v) is 7.45. The van der Waals surface area contributed by atoms with Crippen LogP contribution in [0.2, 0.25) is 0 Å². The molecule has 1 aromatic rings. The first kappa shape index (κ1) is 13.6. The molecule has 4 nitrogen and oxygen atoms in total. The molecule has 1 amide bonds. The van der Waals surface area contributed by atoms with Crippen molar-refractivity contribution < 1.29 is 9.53 Å². The number of amides is 1. The van der Waals surface area contributed by atoms with Crippen molar-refractivity contribution >= 4 is 5.91 Å². The fourth-order valence-corrected chi connectivity index (χ4v) is 3.10. The second-order valence-corrected chi connectivity index (χ2v) is 5.65. The Kier molecular flexibility index (Phi) is 4.03. The van der Waals surface area contributed by atoms with Crippen LogP contribution in [0.25, 0.3) is 0 Å². The molecule has 1 N–H and O–H groups in total. The van der Waals surface area contributed by atoms with Crippen molar-refractivity contribution in [1.82, 2.24) is 10.2 Å². The minimum atomic E-state index is 0.00954. The fourth-order valence-electron chi connectivity index (χ4n) is 3.10. The highest BCUT2D eigenvalue weighted by Gasteiger charge is 2.31. The van der Waals surface area contributed by atoms with Crippen LogP contribution < -0.4 is 5.32 Å². The molecular weight excluding hydrogens is 252 g/mol. The molecule has 2 fully saturated rings. The second-order valence-electron chi connectivity index (χ2n) is 5.65. The van der Waals surface area contributed by atoms with Gasteiger partial charge in [-0.3, -0.25) is 4.79 Å². The minimum absolute atomic E-state index is 0.00954. The van der Waals surface area contributed by atoms with E-state index in [-0.39, 0.29) is 18.1 Å². The number of ether oxygens (including phenoxy) is 1. The van der Waals surface area contributed by atoms with Crippen LogP contribution in [0.5, 0.6) is 0 Å². The topological polar surface area (TPSA) is 41.6 Å². The van der Waals surface area contributed by atoms with Crippen LogP contribution >= 0.6 is 0 Å². The van der Waals surface area contributed by atoms with Gasteiger partial charge in [0.15, 0.2) is 0 Å². The van der Waals surface area contributed by atoms with Gasteiger partial charge < -0.3 is 15.0 Å². The third kappa shape index (κ3) is 2.72. The van der Waals surface area contributed by atoms with Gasteiger partial charge in [-0.25, -0.2) is 0 Å². The lowest BCUT2D eigenvalue weighted by Crippen LogP contribution is -2.49. The molecule has 4 heteroatoms. The number of aryl methyl sites for hydroxylation is 1. The maximum absolute atomic E-state index is 12.5. The van der Waals surface area contributed by atoms with Crippen molar-refractivity contribution in [3.05, 3.63) is 35.4 Å². The first-order chi connectivity index (χ1) is 9.75. The minimum Gasteiger partial charge on any atom is -0.370 e. The maximum atomic E-state index is 12.5. The summed E-state index contributed by atoms with van der Waals surface area (Å²) in [5, 5.41) is 3.29. The van der Waals surface area contributed by atoms with Crippen molar-refractivity contribution in [3.8, 4) is 0 Å². The summed E-state index contributed by atoms with van der Waals surface area (Å²) in [5.74, 6) is 0.240. The molecule has 2 saturated heterocycles. The lowest BCUT2D eigenvalue weighted by Gasteiger charge is -2.35.